The van der Waals surface area contributed by atoms with Crippen LogP contribution in [0.5, 0.6) is 5.75 Å². The van der Waals surface area contributed by atoms with Crippen LogP contribution < -0.4 is 10.1 Å². The van der Waals surface area contributed by atoms with Gasteiger partial charge in [0, 0.05) is 18.2 Å². The van der Waals surface area contributed by atoms with Crippen molar-refractivity contribution in [3.8, 4) is 5.75 Å². The summed E-state index contributed by atoms with van der Waals surface area (Å²) in [6, 6.07) is 2.95. The highest BCUT2D eigenvalue weighted by molar-refractivity contribution is 5.71. The topological polar surface area (TPSA) is 58.6 Å². The van der Waals surface area contributed by atoms with Gasteiger partial charge in [0.05, 0.1) is 12.5 Å². The van der Waals surface area contributed by atoms with Gasteiger partial charge in [-0.05, 0) is 30.9 Å². The molecule has 2 unspecified atom stereocenters. The summed E-state index contributed by atoms with van der Waals surface area (Å²) in [4.78, 5) is 11.0. The number of benzene rings is 1. The van der Waals surface area contributed by atoms with Gasteiger partial charge in [-0.1, -0.05) is 6.07 Å². The lowest BCUT2D eigenvalue weighted by Gasteiger charge is -2.23. The number of hydrogen-bond donors (Lipinski definition) is 2. The molecule has 1 aromatic rings. The third-order valence-electron chi connectivity index (χ3n) is 3.89. The molecule has 5 heteroatoms. The normalized spacial score (nSPS) is 25.7. The molecule has 3 rings (SSSR count). The van der Waals surface area contributed by atoms with Crippen molar-refractivity contribution in [3.63, 3.8) is 0 Å². The van der Waals surface area contributed by atoms with Crippen molar-refractivity contribution < 1.29 is 19.0 Å². The highest BCUT2D eigenvalue weighted by atomic mass is 19.1. The monoisotopic (exact) mass is 265 g/mol. The van der Waals surface area contributed by atoms with Crippen LogP contribution in [0.1, 0.15) is 30.0 Å². The van der Waals surface area contributed by atoms with E-state index in [9.17, 15) is 9.18 Å². The maximum atomic E-state index is 14.1. The van der Waals surface area contributed by atoms with Crippen molar-refractivity contribution in [1.82, 2.24) is 5.32 Å². The second-order valence-corrected chi connectivity index (χ2v) is 5.13. The zero-order valence-electron chi connectivity index (χ0n) is 10.5. The van der Waals surface area contributed by atoms with E-state index in [0.29, 0.717) is 30.9 Å². The number of fused-ring (bicyclic) bond motifs is 1. The molecule has 19 heavy (non-hydrogen) atoms. The Balaban J connectivity index is 1.94. The van der Waals surface area contributed by atoms with E-state index >= 15 is 0 Å². The highest BCUT2D eigenvalue weighted by Gasteiger charge is 2.34. The molecule has 2 atom stereocenters. The molecule has 0 aromatic heterocycles. The molecule has 2 heterocycles. The van der Waals surface area contributed by atoms with Crippen LogP contribution >= 0.6 is 0 Å². The maximum absolute atomic E-state index is 14.1. The number of aryl methyl sites for hydroxylation is 1. The third kappa shape index (κ3) is 2.18. The fraction of sp³-hybridized carbons (Fsp3) is 0.500. The summed E-state index contributed by atoms with van der Waals surface area (Å²) in [5, 5.41) is 12.1. The second-order valence-electron chi connectivity index (χ2n) is 5.13. The third-order valence-corrected chi connectivity index (χ3v) is 3.89. The van der Waals surface area contributed by atoms with Gasteiger partial charge >= 0.3 is 5.97 Å². The van der Waals surface area contributed by atoms with Crippen LogP contribution in [0.15, 0.2) is 12.1 Å². The van der Waals surface area contributed by atoms with Crippen molar-refractivity contribution in [3.05, 3.63) is 29.1 Å². The molecule has 0 spiro atoms. The molecular weight excluding hydrogens is 249 g/mol. The first-order valence-electron chi connectivity index (χ1n) is 6.57. The van der Waals surface area contributed by atoms with Crippen molar-refractivity contribution >= 4 is 5.97 Å². The molecule has 2 aliphatic rings. The Morgan fingerprint density at radius 1 is 1.47 bits per heavy atom. The summed E-state index contributed by atoms with van der Waals surface area (Å²) in [5.74, 6) is -0.982. The number of carbonyl (C=O) groups is 1. The summed E-state index contributed by atoms with van der Waals surface area (Å²) < 4.78 is 19.7. The second kappa shape index (κ2) is 4.81. The molecule has 102 valence electrons. The van der Waals surface area contributed by atoms with Crippen LogP contribution in [0.3, 0.4) is 0 Å². The Bertz CT molecular complexity index is 518. The molecule has 0 aliphatic carbocycles. The lowest BCUT2D eigenvalue weighted by atomic mass is 9.94. The standard InChI is InChI=1S/C14H16FNO3/c15-10-4-3-8-2-1-5-19-13(8)12(10)11-6-9(7-16-11)14(17)18/h3-4,9,11,16H,1-2,5-7H2,(H,17,18). The number of halogens is 1. The van der Waals surface area contributed by atoms with Gasteiger partial charge in [0.15, 0.2) is 0 Å². The van der Waals surface area contributed by atoms with Crippen LogP contribution in [-0.2, 0) is 11.2 Å². The average molecular weight is 265 g/mol. The Labute approximate surface area is 110 Å². The van der Waals surface area contributed by atoms with Crippen LogP contribution in [0.4, 0.5) is 4.39 Å². The molecule has 0 radical (unpaired) electrons. The summed E-state index contributed by atoms with van der Waals surface area (Å²) in [7, 11) is 0. The fourth-order valence-electron chi connectivity index (χ4n) is 2.89. The van der Waals surface area contributed by atoms with E-state index in [1.165, 1.54) is 6.07 Å². The van der Waals surface area contributed by atoms with Crippen molar-refractivity contribution in [2.24, 2.45) is 5.92 Å². The van der Waals surface area contributed by atoms with E-state index in [4.69, 9.17) is 9.84 Å². The lowest BCUT2D eigenvalue weighted by molar-refractivity contribution is -0.141. The highest BCUT2D eigenvalue weighted by Crippen LogP contribution is 2.39. The molecule has 0 bridgehead atoms. The first kappa shape index (κ1) is 12.4. The Morgan fingerprint density at radius 2 is 2.32 bits per heavy atom. The molecule has 2 N–H and O–H groups in total. The quantitative estimate of drug-likeness (QED) is 0.857. The van der Waals surface area contributed by atoms with Gasteiger partial charge < -0.3 is 15.2 Å². The van der Waals surface area contributed by atoms with E-state index in [-0.39, 0.29) is 11.9 Å². The molecular formula is C14H16FNO3. The molecule has 4 nitrogen and oxygen atoms in total. The molecule has 0 amide bonds. The maximum Gasteiger partial charge on any atom is 0.307 e. The van der Waals surface area contributed by atoms with Gasteiger partial charge in [-0.3, -0.25) is 4.79 Å². The van der Waals surface area contributed by atoms with Gasteiger partial charge in [-0.2, -0.15) is 0 Å². The summed E-state index contributed by atoms with van der Waals surface area (Å²) in [6.45, 7) is 0.974. The van der Waals surface area contributed by atoms with E-state index in [1.807, 2.05) is 0 Å². The van der Waals surface area contributed by atoms with E-state index in [1.54, 1.807) is 6.07 Å². The molecule has 2 aliphatic heterocycles. The smallest absolute Gasteiger partial charge is 0.307 e. The lowest BCUT2D eigenvalue weighted by Crippen LogP contribution is -2.19. The Kier molecular flexibility index (Phi) is 3.14. The van der Waals surface area contributed by atoms with Crippen LogP contribution in [0, 0.1) is 11.7 Å². The Morgan fingerprint density at radius 3 is 3.05 bits per heavy atom. The van der Waals surface area contributed by atoms with Crippen LogP contribution in [0.25, 0.3) is 0 Å². The van der Waals surface area contributed by atoms with Crippen molar-refractivity contribution in [1.29, 1.82) is 0 Å². The first-order valence-corrected chi connectivity index (χ1v) is 6.57. The van der Waals surface area contributed by atoms with Gasteiger partial charge in [-0.25, -0.2) is 4.39 Å². The number of hydrogen-bond acceptors (Lipinski definition) is 3. The van der Waals surface area contributed by atoms with Crippen LogP contribution in [0.2, 0.25) is 0 Å². The molecule has 1 fully saturated rings. The zero-order valence-corrected chi connectivity index (χ0v) is 10.5. The summed E-state index contributed by atoms with van der Waals surface area (Å²) in [6.07, 6.45) is 2.23. The first-order chi connectivity index (χ1) is 9.16. The predicted octanol–water partition coefficient (Wildman–Crippen LogP) is 1.89. The number of aliphatic carboxylic acids is 1. The van der Waals surface area contributed by atoms with E-state index in [0.717, 1.165) is 18.4 Å². The minimum Gasteiger partial charge on any atom is -0.493 e. The molecule has 0 saturated carbocycles. The predicted molar refractivity (Wildman–Crippen MR) is 66.7 cm³/mol. The van der Waals surface area contributed by atoms with Gasteiger partial charge in [0.2, 0.25) is 0 Å². The average Bonchev–Trinajstić information content (AvgIpc) is 2.88. The number of carboxylic acids is 1. The number of nitrogens with one attached hydrogen (secondary N) is 1. The van der Waals surface area contributed by atoms with Gasteiger partial charge in [0.1, 0.15) is 11.6 Å². The summed E-state index contributed by atoms with van der Waals surface area (Å²) in [5.41, 5.74) is 1.52. The van der Waals surface area contributed by atoms with E-state index in [2.05, 4.69) is 5.32 Å². The van der Waals surface area contributed by atoms with Gasteiger partial charge in [-0.15, -0.1) is 0 Å². The molecule has 1 saturated heterocycles. The van der Waals surface area contributed by atoms with Crippen molar-refractivity contribution in [2.45, 2.75) is 25.3 Å². The molecule has 1 aromatic carbocycles. The fourth-order valence-corrected chi connectivity index (χ4v) is 2.89. The number of rotatable bonds is 2. The van der Waals surface area contributed by atoms with E-state index < -0.39 is 11.9 Å². The summed E-state index contributed by atoms with van der Waals surface area (Å²) >= 11 is 0. The largest absolute Gasteiger partial charge is 0.493 e. The minimum atomic E-state index is -0.832. The SMILES string of the molecule is O=C(O)C1CNC(c2c(F)ccc3c2OCCC3)C1. The zero-order chi connectivity index (χ0) is 13.4. The Hall–Kier alpha value is -1.62. The van der Waals surface area contributed by atoms with Crippen LogP contribution in [-0.4, -0.2) is 24.2 Å². The minimum absolute atomic E-state index is 0.269. The van der Waals surface area contributed by atoms with Crippen molar-refractivity contribution in [2.75, 3.05) is 13.2 Å². The van der Waals surface area contributed by atoms with Gasteiger partial charge in [0.25, 0.3) is 0 Å². The number of ether oxygens (including phenoxy) is 1. The number of carboxylic acid groups (broad SMARTS) is 1.